The Labute approximate surface area is 156 Å². The molecule has 6 heteroatoms. The first-order valence-corrected chi connectivity index (χ1v) is 9.59. The lowest BCUT2D eigenvalue weighted by Gasteiger charge is -2.35. The van der Waals surface area contributed by atoms with Crippen LogP contribution in [0.4, 0.5) is 5.69 Å². The highest BCUT2D eigenvalue weighted by atomic mass is 16.5. The van der Waals surface area contributed by atoms with Gasteiger partial charge < -0.3 is 19.7 Å². The third-order valence-corrected chi connectivity index (χ3v) is 5.72. The zero-order valence-electron chi connectivity index (χ0n) is 16.2. The highest BCUT2D eigenvalue weighted by molar-refractivity contribution is 5.99. The molecular weight excluding hydrogens is 330 g/mol. The fourth-order valence-electron chi connectivity index (χ4n) is 4.11. The second-order valence-electron chi connectivity index (χ2n) is 7.24. The average molecular weight is 361 g/mol. The SMILES string of the molecule is CNCCC1CCN(C2CCN(c3cc(OC)cc(OC)c3)C2=O)CC1. The number of piperidine rings is 1. The highest BCUT2D eigenvalue weighted by Gasteiger charge is 2.38. The molecule has 144 valence electrons. The number of likely N-dealkylation sites (tertiary alicyclic amines) is 1. The van der Waals surface area contributed by atoms with E-state index in [9.17, 15) is 4.79 Å². The van der Waals surface area contributed by atoms with E-state index in [1.165, 1.54) is 19.3 Å². The van der Waals surface area contributed by atoms with Crippen molar-refractivity contribution < 1.29 is 14.3 Å². The topological polar surface area (TPSA) is 54.0 Å². The molecular formula is C20H31N3O3. The van der Waals surface area contributed by atoms with Crippen LogP contribution in [-0.4, -0.2) is 64.3 Å². The van der Waals surface area contributed by atoms with Crippen molar-refractivity contribution in [3.05, 3.63) is 18.2 Å². The summed E-state index contributed by atoms with van der Waals surface area (Å²) in [5, 5.41) is 3.24. The van der Waals surface area contributed by atoms with Crippen LogP contribution in [0.5, 0.6) is 11.5 Å². The van der Waals surface area contributed by atoms with Gasteiger partial charge in [0.15, 0.2) is 0 Å². The third-order valence-electron chi connectivity index (χ3n) is 5.72. The van der Waals surface area contributed by atoms with Crippen molar-refractivity contribution in [3.63, 3.8) is 0 Å². The summed E-state index contributed by atoms with van der Waals surface area (Å²) in [6, 6.07) is 5.66. The Hall–Kier alpha value is -1.79. The average Bonchev–Trinajstić information content (AvgIpc) is 3.07. The van der Waals surface area contributed by atoms with E-state index in [2.05, 4.69) is 10.2 Å². The van der Waals surface area contributed by atoms with Crippen LogP contribution in [-0.2, 0) is 4.79 Å². The minimum absolute atomic E-state index is 0.0115. The van der Waals surface area contributed by atoms with Crippen molar-refractivity contribution in [3.8, 4) is 11.5 Å². The van der Waals surface area contributed by atoms with Crippen LogP contribution < -0.4 is 19.7 Å². The first-order chi connectivity index (χ1) is 12.7. The van der Waals surface area contributed by atoms with Gasteiger partial charge in [-0.25, -0.2) is 0 Å². The van der Waals surface area contributed by atoms with E-state index in [1.54, 1.807) is 14.2 Å². The van der Waals surface area contributed by atoms with Crippen molar-refractivity contribution in [2.45, 2.75) is 31.7 Å². The predicted octanol–water partition coefficient (Wildman–Crippen LogP) is 2.13. The minimum Gasteiger partial charge on any atom is -0.497 e. The summed E-state index contributed by atoms with van der Waals surface area (Å²) in [4.78, 5) is 17.3. The summed E-state index contributed by atoms with van der Waals surface area (Å²) in [5.74, 6) is 2.41. The summed E-state index contributed by atoms with van der Waals surface area (Å²) >= 11 is 0. The largest absolute Gasteiger partial charge is 0.497 e. The van der Waals surface area contributed by atoms with Crippen LogP contribution in [0.15, 0.2) is 18.2 Å². The van der Waals surface area contributed by atoms with E-state index in [1.807, 2.05) is 30.1 Å². The normalized spacial score (nSPS) is 22.0. The molecule has 2 fully saturated rings. The van der Waals surface area contributed by atoms with Gasteiger partial charge in [0.05, 0.1) is 25.9 Å². The molecule has 26 heavy (non-hydrogen) atoms. The van der Waals surface area contributed by atoms with Crippen molar-refractivity contribution in [2.75, 3.05) is 52.3 Å². The molecule has 0 saturated carbocycles. The molecule has 1 atom stereocenters. The molecule has 0 aliphatic carbocycles. The fourth-order valence-corrected chi connectivity index (χ4v) is 4.11. The summed E-state index contributed by atoms with van der Waals surface area (Å²) in [7, 11) is 5.27. The van der Waals surface area contributed by atoms with E-state index >= 15 is 0 Å². The number of methoxy groups -OCH3 is 2. The Bertz CT molecular complexity index is 592. The number of benzene rings is 1. The van der Waals surface area contributed by atoms with Crippen molar-refractivity contribution in [2.24, 2.45) is 5.92 Å². The van der Waals surface area contributed by atoms with Gasteiger partial charge in [-0.05, 0) is 58.3 Å². The Morgan fingerprint density at radius 2 is 1.69 bits per heavy atom. The van der Waals surface area contributed by atoms with Crippen molar-refractivity contribution >= 4 is 11.6 Å². The Morgan fingerprint density at radius 3 is 2.27 bits per heavy atom. The van der Waals surface area contributed by atoms with Gasteiger partial charge in [0.1, 0.15) is 11.5 Å². The van der Waals surface area contributed by atoms with Gasteiger partial charge in [0.2, 0.25) is 5.91 Å². The summed E-state index contributed by atoms with van der Waals surface area (Å²) in [6.07, 6.45) is 4.51. The molecule has 1 amide bonds. The molecule has 0 bridgehead atoms. The van der Waals surface area contributed by atoms with E-state index in [0.717, 1.165) is 44.2 Å². The maximum absolute atomic E-state index is 13.1. The van der Waals surface area contributed by atoms with Gasteiger partial charge in [-0.15, -0.1) is 0 Å². The van der Waals surface area contributed by atoms with E-state index in [0.29, 0.717) is 11.5 Å². The van der Waals surface area contributed by atoms with Crippen LogP contribution in [0.1, 0.15) is 25.7 Å². The highest BCUT2D eigenvalue weighted by Crippen LogP contribution is 2.33. The lowest BCUT2D eigenvalue weighted by atomic mass is 9.92. The van der Waals surface area contributed by atoms with Crippen LogP contribution in [0.2, 0.25) is 0 Å². The molecule has 2 saturated heterocycles. The van der Waals surface area contributed by atoms with Crippen LogP contribution in [0, 0.1) is 5.92 Å². The number of carbonyl (C=O) groups is 1. The molecule has 0 spiro atoms. The quantitative estimate of drug-likeness (QED) is 0.806. The van der Waals surface area contributed by atoms with Crippen LogP contribution in [0.25, 0.3) is 0 Å². The lowest BCUT2D eigenvalue weighted by molar-refractivity contribution is -0.122. The molecule has 2 aliphatic rings. The van der Waals surface area contributed by atoms with Crippen molar-refractivity contribution in [1.29, 1.82) is 0 Å². The molecule has 1 aromatic rings. The number of hydrogen-bond donors (Lipinski definition) is 1. The second kappa shape index (κ2) is 8.73. The van der Waals surface area contributed by atoms with Gasteiger partial charge in [-0.1, -0.05) is 0 Å². The zero-order chi connectivity index (χ0) is 18.5. The Morgan fingerprint density at radius 1 is 1.04 bits per heavy atom. The Balaban J connectivity index is 1.64. The molecule has 2 heterocycles. The molecule has 1 unspecified atom stereocenters. The first-order valence-electron chi connectivity index (χ1n) is 9.59. The van der Waals surface area contributed by atoms with E-state index < -0.39 is 0 Å². The molecule has 1 aromatic carbocycles. The second-order valence-corrected chi connectivity index (χ2v) is 7.24. The number of nitrogens with one attached hydrogen (secondary N) is 1. The van der Waals surface area contributed by atoms with Gasteiger partial charge in [-0.3, -0.25) is 9.69 Å². The summed E-state index contributed by atoms with van der Waals surface area (Å²) in [6.45, 7) is 3.89. The molecule has 2 aliphatic heterocycles. The summed E-state index contributed by atoms with van der Waals surface area (Å²) in [5.41, 5.74) is 0.859. The van der Waals surface area contributed by atoms with Crippen LogP contribution in [0.3, 0.4) is 0 Å². The number of carbonyl (C=O) groups excluding carboxylic acids is 1. The number of amides is 1. The number of nitrogens with zero attached hydrogens (tertiary/aromatic N) is 2. The Kier molecular flexibility index (Phi) is 6.38. The zero-order valence-corrected chi connectivity index (χ0v) is 16.2. The molecule has 6 nitrogen and oxygen atoms in total. The fraction of sp³-hybridized carbons (Fsp3) is 0.650. The number of ether oxygens (including phenoxy) is 2. The van der Waals surface area contributed by atoms with Crippen LogP contribution >= 0.6 is 0 Å². The smallest absolute Gasteiger partial charge is 0.244 e. The molecule has 1 N–H and O–H groups in total. The third kappa shape index (κ3) is 4.13. The summed E-state index contributed by atoms with van der Waals surface area (Å²) < 4.78 is 10.7. The molecule has 3 rings (SSSR count). The van der Waals surface area contributed by atoms with Gasteiger partial charge >= 0.3 is 0 Å². The maximum Gasteiger partial charge on any atom is 0.244 e. The standard InChI is InChI=1S/C20H31N3O3/c1-21-8-4-15-5-9-22(10-6-15)19-7-11-23(20(19)24)16-12-17(25-2)14-18(13-16)26-3/h12-15,19,21H,4-11H2,1-3H3. The maximum atomic E-state index is 13.1. The number of anilines is 1. The van der Waals surface area contributed by atoms with Gasteiger partial charge in [-0.2, -0.15) is 0 Å². The predicted molar refractivity (Wildman–Crippen MR) is 103 cm³/mol. The lowest BCUT2D eigenvalue weighted by Crippen LogP contribution is -2.46. The monoisotopic (exact) mass is 361 g/mol. The van der Waals surface area contributed by atoms with Gasteiger partial charge in [0, 0.05) is 24.7 Å². The molecule has 0 aromatic heterocycles. The van der Waals surface area contributed by atoms with E-state index in [-0.39, 0.29) is 11.9 Å². The number of rotatable bonds is 7. The number of hydrogen-bond acceptors (Lipinski definition) is 5. The van der Waals surface area contributed by atoms with Crippen molar-refractivity contribution in [1.82, 2.24) is 10.2 Å². The first kappa shape index (κ1) is 19.0. The van der Waals surface area contributed by atoms with Gasteiger partial charge in [0.25, 0.3) is 0 Å². The minimum atomic E-state index is 0.0115. The molecule has 0 radical (unpaired) electrons. The van der Waals surface area contributed by atoms with E-state index in [4.69, 9.17) is 9.47 Å².